The summed E-state index contributed by atoms with van der Waals surface area (Å²) in [5, 5.41) is 13.7. The number of carbonyl (C=O) groups excluding carboxylic acids is 2. The Bertz CT molecular complexity index is 807. The summed E-state index contributed by atoms with van der Waals surface area (Å²) in [7, 11) is 0. The van der Waals surface area contributed by atoms with Gasteiger partial charge in [-0.1, -0.05) is 5.16 Å². The van der Waals surface area contributed by atoms with Gasteiger partial charge >= 0.3 is 0 Å². The van der Waals surface area contributed by atoms with E-state index in [1.165, 1.54) is 4.90 Å². The second-order valence-electron chi connectivity index (χ2n) is 6.52. The van der Waals surface area contributed by atoms with Crippen molar-refractivity contribution in [2.75, 3.05) is 6.54 Å². The van der Waals surface area contributed by atoms with Gasteiger partial charge in [0.25, 0.3) is 0 Å². The summed E-state index contributed by atoms with van der Waals surface area (Å²) in [6.07, 6.45) is 2.18. The lowest BCUT2D eigenvalue weighted by molar-refractivity contribution is -0.137. The molecule has 2 aromatic rings. The first-order valence-corrected chi connectivity index (χ1v) is 9.24. The number of nitrogens with zero attached hydrogens (tertiary/aromatic N) is 3. The first-order valence-electron chi connectivity index (χ1n) is 8.45. The van der Waals surface area contributed by atoms with E-state index in [4.69, 9.17) is 4.52 Å². The normalized spacial score (nSPS) is 19.7. The number of β-amino-alcohol motifs (C(OH)–C–C–N with tert-alkyl or cyclic N) is 1. The largest absolute Gasteiger partial charge is 0.391 e. The van der Waals surface area contributed by atoms with Gasteiger partial charge in [0, 0.05) is 31.6 Å². The number of aromatic nitrogens is 2. The van der Waals surface area contributed by atoms with Crippen LogP contribution in [0.2, 0.25) is 0 Å². The van der Waals surface area contributed by atoms with Gasteiger partial charge in [-0.25, -0.2) is 4.98 Å². The lowest BCUT2D eigenvalue weighted by Crippen LogP contribution is -2.41. The smallest absolute Gasteiger partial charge is 0.231 e. The maximum Gasteiger partial charge on any atom is 0.231 e. The molecule has 8 heteroatoms. The van der Waals surface area contributed by atoms with Crippen molar-refractivity contribution in [1.82, 2.24) is 15.0 Å². The second kappa shape index (κ2) is 8.09. The van der Waals surface area contributed by atoms with E-state index < -0.39 is 12.1 Å². The van der Waals surface area contributed by atoms with Crippen molar-refractivity contribution in [2.24, 2.45) is 0 Å². The van der Waals surface area contributed by atoms with Crippen LogP contribution in [0.25, 0.3) is 0 Å². The van der Waals surface area contributed by atoms with Crippen LogP contribution in [0.5, 0.6) is 0 Å². The number of aliphatic hydroxyl groups excluding tert-OH is 1. The van der Waals surface area contributed by atoms with E-state index in [-0.39, 0.29) is 31.1 Å². The van der Waals surface area contributed by atoms with Gasteiger partial charge in [0.05, 0.1) is 24.3 Å². The summed E-state index contributed by atoms with van der Waals surface area (Å²) < 4.78 is 5.80. The quantitative estimate of drug-likeness (QED) is 0.714. The van der Waals surface area contributed by atoms with Crippen molar-refractivity contribution >= 4 is 27.6 Å². The second-order valence-corrected chi connectivity index (χ2v) is 7.33. The van der Waals surface area contributed by atoms with Crippen LogP contribution in [0, 0.1) is 6.92 Å². The van der Waals surface area contributed by atoms with Crippen molar-refractivity contribution in [1.29, 1.82) is 0 Å². The van der Waals surface area contributed by atoms with Crippen LogP contribution in [0.1, 0.15) is 29.9 Å². The summed E-state index contributed by atoms with van der Waals surface area (Å²) in [4.78, 5) is 30.7. The molecule has 0 spiro atoms. The molecule has 0 unspecified atom stereocenters. The Morgan fingerprint density at radius 2 is 2.23 bits per heavy atom. The number of amides is 1. The number of hydrogen-bond acceptors (Lipinski definition) is 6. The van der Waals surface area contributed by atoms with Crippen LogP contribution >= 0.6 is 15.9 Å². The Labute approximate surface area is 159 Å². The van der Waals surface area contributed by atoms with Crippen LogP contribution in [-0.2, 0) is 22.4 Å². The molecule has 138 valence electrons. The molecule has 1 aliphatic heterocycles. The van der Waals surface area contributed by atoms with Crippen molar-refractivity contribution in [3.05, 3.63) is 46.0 Å². The molecule has 0 radical (unpaired) electrons. The molecule has 2 atom stereocenters. The average molecular weight is 422 g/mol. The topological polar surface area (TPSA) is 96.5 Å². The first-order chi connectivity index (χ1) is 12.4. The summed E-state index contributed by atoms with van der Waals surface area (Å²) in [5.41, 5.74) is 1.69. The molecule has 0 aliphatic carbocycles. The number of hydrogen-bond donors (Lipinski definition) is 1. The number of aryl methyl sites for hydroxylation is 2. The fourth-order valence-corrected chi connectivity index (χ4v) is 3.59. The highest BCUT2D eigenvalue weighted by Gasteiger charge is 2.38. The highest BCUT2D eigenvalue weighted by atomic mass is 79.9. The van der Waals surface area contributed by atoms with Crippen LogP contribution in [0.15, 0.2) is 33.5 Å². The third-order valence-corrected chi connectivity index (χ3v) is 4.86. The summed E-state index contributed by atoms with van der Waals surface area (Å²) in [6, 6.07) is 4.83. The zero-order valence-electron chi connectivity index (χ0n) is 14.4. The number of carbonyl (C=O) groups is 2. The van der Waals surface area contributed by atoms with Gasteiger partial charge in [0.15, 0.2) is 5.78 Å². The summed E-state index contributed by atoms with van der Waals surface area (Å²) in [5.74, 6) is 0.181. The molecule has 7 nitrogen and oxygen atoms in total. The maximum absolute atomic E-state index is 12.7. The summed E-state index contributed by atoms with van der Waals surface area (Å²) in [6.45, 7) is 1.95. The molecule has 26 heavy (non-hydrogen) atoms. The molecule has 0 saturated carbocycles. The molecular weight excluding hydrogens is 402 g/mol. The van der Waals surface area contributed by atoms with Crippen molar-refractivity contribution < 1.29 is 19.2 Å². The predicted octanol–water partition coefficient (Wildman–Crippen LogP) is 1.85. The van der Waals surface area contributed by atoms with Crippen molar-refractivity contribution in [2.45, 2.75) is 44.8 Å². The van der Waals surface area contributed by atoms with Crippen LogP contribution in [0.3, 0.4) is 0 Å². The predicted molar refractivity (Wildman–Crippen MR) is 96.3 cm³/mol. The Morgan fingerprint density at radius 3 is 2.92 bits per heavy atom. The molecule has 1 fully saturated rings. The third kappa shape index (κ3) is 4.56. The van der Waals surface area contributed by atoms with E-state index in [0.717, 1.165) is 10.2 Å². The number of pyridine rings is 1. The minimum absolute atomic E-state index is 0.0364. The van der Waals surface area contributed by atoms with Gasteiger partial charge < -0.3 is 14.5 Å². The van der Waals surface area contributed by atoms with E-state index in [0.29, 0.717) is 24.3 Å². The third-order valence-electron chi connectivity index (χ3n) is 4.42. The zero-order valence-corrected chi connectivity index (χ0v) is 16.0. The Kier molecular flexibility index (Phi) is 5.83. The molecule has 1 N–H and O–H groups in total. The number of Topliss-reactive ketones (excluding diaryl/α,β-unsaturated/α-hetero) is 1. The Hall–Kier alpha value is -2.06. The number of halogens is 1. The van der Waals surface area contributed by atoms with E-state index in [2.05, 4.69) is 26.1 Å². The molecule has 3 heterocycles. The number of likely N-dealkylation sites (tertiary alicyclic amines) is 1. The Morgan fingerprint density at radius 1 is 1.42 bits per heavy atom. The minimum Gasteiger partial charge on any atom is -0.391 e. The van der Waals surface area contributed by atoms with E-state index in [1.807, 2.05) is 12.1 Å². The molecule has 0 aromatic carbocycles. The minimum atomic E-state index is -0.681. The molecule has 1 amide bonds. The van der Waals surface area contributed by atoms with E-state index in [9.17, 15) is 14.7 Å². The van der Waals surface area contributed by atoms with Crippen molar-refractivity contribution in [3.63, 3.8) is 0 Å². The number of aliphatic hydroxyl groups is 1. The maximum atomic E-state index is 12.7. The fraction of sp³-hybridized carbons (Fsp3) is 0.444. The molecule has 2 aromatic heterocycles. The molecule has 3 rings (SSSR count). The van der Waals surface area contributed by atoms with E-state index in [1.54, 1.807) is 19.2 Å². The summed E-state index contributed by atoms with van der Waals surface area (Å²) >= 11 is 3.31. The van der Waals surface area contributed by atoms with Gasteiger partial charge in [0.2, 0.25) is 5.91 Å². The van der Waals surface area contributed by atoms with Gasteiger partial charge in [-0.05, 0) is 47.0 Å². The van der Waals surface area contributed by atoms with Gasteiger partial charge in [0.1, 0.15) is 10.4 Å². The van der Waals surface area contributed by atoms with Gasteiger partial charge in [-0.3, -0.25) is 9.59 Å². The molecule has 1 saturated heterocycles. The lowest BCUT2D eigenvalue weighted by atomic mass is 10.0. The first kappa shape index (κ1) is 18.7. The van der Waals surface area contributed by atoms with Gasteiger partial charge in [-0.2, -0.15) is 0 Å². The van der Waals surface area contributed by atoms with Crippen LogP contribution in [-0.4, -0.2) is 50.5 Å². The molecular formula is C18H20BrN3O4. The highest BCUT2D eigenvalue weighted by molar-refractivity contribution is 9.10. The number of ketones is 1. The molecule has 1 aliphatic rings. The van der Waals surface area contributed by atoms with Gasteiger partial charge in [-0.15, -0.1) is 0 Å². The Balaban J connectivity index is 1.62. The van der Waals surface area contributed by atoms with Crippen molar-refractivity contribution in [3.8, 4) is 0 Å². The van der Waals surface area contributed by atoms with E-state index >= 15 is 0 Å². The number of rotatable bonds is 6. The molecule has 0 bridgehead atoms. The van der Waals surface area contributed by atoms with Crippen LogP contribution < -0.4 is 0 Å². The average Bonchev–Trinajstić information content (AvgIpc) is 3.18. The standard InChI is InChI=1S/C18H20BrN3O4/c1-11-6-14(26-21-11)9-18(25)22-10-13(23)8-15(22)16(24)3-2-12-4-5-20-17(19)7-12/h4-7,13,15,23H,2-3,8-10H2,1H3/t13-,15+/m1/s1. The SMILES string of the molecule is Cc1cc(CC(=O)N2C[C@H](O)C[C@H]2C(=O)CCc2ccnc(Br)c2)on1. The highest BCUT2D eigenvalue weighted by Crippen LogP contribution is 2.22. The zero-order chi connectivity index (χ0) is 18.7. The lowest BCUT2D eigenvalue weighted by Gasteiger charge is -2.23. The monoisotopic (exact) mass is 421 g/mol. The van der Waals surface area contributed by atoms with Crippen LogP contribution in [0.4, 0.5) is 0 Å². The fourth-order valence-electron chi connectivity index (χ4n) is 3.18.